The largest absolute Gasteiger partial charge is 0.375 e. The van der Waals surface area contributed by atoms with Gasteiger partial charge >= 0.3 is 6.03 Å². The Hall–Kier alpha value is -2.06. The Morgan fingerprint density at radius 2 is 2.30 bits per heavy atom. The van der Waals surface area contributed by atoms with Gasteiger partial charge in [0.05, 0.1) is 23.3 Å². The number of hydrogen-bond donors (Lipinski definition) is 2. The lowest BCUT2D eigenvalue weighted by Crippen LogP contribution is -2.55. The second kappa shape index (κ2) is 6.59. The molecular weight excluding hydrogens is 290 g/mol. The maximum atomic E-state index is 12.2. The zero-order valence-corrected chi connectivity index (χ0v) is 13.5. The second-order valence-corrected chi connectivity index (χ2v) is 6.74. The van der Waals surface area contributed by atoms with Crippen LogP contribution in [0.5, 0.6) is 0 Å². The van der Waals surface area contributed by atoms with E-state index in [4.69, 9.17) is 10.00 Å². The number of benzene rings is 1. The van der Waals surface area contributed by atoms with Crippen LogP contribution in [0.25, 0.3) is 0 Å². The molecule has 2 N–H and O–H groups in total. The zero-order chi connectivity index (χ0) is 16.3. The van der Waals surface area contributed by atoms with Gasteiger partial charge in [-0.15, -0.1) is 0 Å². The van der Waals surface area contributed by atoms with Gasteiger partial charge in [-0.2, -0.15) is 5.26 Å². The number of hydrogen-bond acceptors (Lipinski definition) is 3. The van der Waals surface area contributed by atoms with E-state index in [9.17, 15) is 4.79 Å². The maximum absolute atomic E-state index is 12.2. The van der Waals surface area contributed by atoms with E-state index in [1.165, 1.54) is 12.8 Å². The van der Waals surface area contributed by atoms with E-state index in [0.717, 1.165) is 18.6 Å². The van der Waals surface area contributed by atoms with Crippen LogP contribution in [0.4, 0.5) is 4.79 Å². The quantitative estimate of drug-likeness (QED) is 0.876. The molecule has 23 heavy (non-hydrogen) atoms. The summed E-state index contributed by atoms with van der Waals surface area (Å²) in [6, 6.07) is 9.46. The predicted octanol–water partition coefficient (Wildman–Crippen LogP) is 2.36. The van der Waals surface area contributed by atoms with Gasteiger partial charge in [-0.05, 0) is 56.2 Å². The Balaban J connectivity index is 1.47. The fourth-order valence-corrected chi connectivity index (χ4v) is 3.33. The molecule has 1 heterocycles. The van der Waals surface area contributed by atoms with Crippen LogP contribution < -0.4 is 10.6 Å². The Kier molecular flexibility index (Phi) is 4.53. The molecule has 0 spiro atoms. The summed E-state index contributed by atoms with van der Waals surface area (Å²) in [5.74, 6) is 0.608. The van der Waals surface area contributed by atoms with Crippen molar-refractivity contribution in [1.29, 1.82) is 5.26 Å². The molecule has 1 aliphatic carbocycles. The highest BCUT2D eigenvalue weighted by molar-refractivity contribution is 5.75. The molecular formula is C18H23N3O2. The van der Waals surface area contributed by atoms with Crippen molar-refractivity contribution in [2.75, 3.05) is 13.2 Å². The molecule has 0 unspecified atom stereocenters. The Morgan fingerprint density at radius 1 is 1.48 bits per heavy atom. The fourth-order valence-electron chi connectivity index (χ4n) is 3.33. The lowest BCUT2D eigenvalue weighted by Gasteiger charge is -2.31. The third kappa shape index (κ3) is 3.83. The molecule has 5 heteroatoms. The topological polar surface area (TPSA) is 74.2 Å². The summed E-state index contributed by atoms with van der Waals surface area (Å²) in [6.07, 6.45) is 4.14. The zero-order valence-electron chi connectivity index (χ0n) is 13.5. The molecule has 1 aliphatic heterocycles. The van der Waals surface area contributed by atoms with Gasteiger partial charge in [0.25, 0.3) is 0 Å². The summed E-state index contributed by atoms with van der Waals surface area (Å²) in [6.45, 7) is 3.35. The first-order valence-corrected chi connectivity index (χ1v) is 8.27. The van der Waals surface area contributed by atoms with Crippen molar-refractivity contribution in [3.05, 3.63) is 35.4 Å². The van der Waals surface area contributed by atoms with E-state index in [2.05, 4.69) is 23.6 Å². The minimum atomic E-state index is -0.258. The summed E-state index contributed by atoms with van der Waals surface area (Å²) >= 11 is 0. The van der Waals surface area contributed by atoms with Gasteiger partial charge in [-0.1, -0.05) is 12.1 Å². The third-order valence-corrected chi connectivity index (χ3v) is 4.75. The third-order valence-electron chi connectivity index (χ3n) is 4.75. The standard InChI is InChI=1S/C18H23N3O2/c1-18(8-10-23-16(18)15-5-6-15)21-17(22)20-9-7-13-3-2-4-14(11-13)12-19/h2-4,11,15-16H,5-10H2,1H3,(H2,20,21,22)/t16-,18-/m1/s1. The van der Waals surface area contributed by atoms with Crippen LogP contribution in [0.15, 0.2) is 24.3 Å². The first kappa shape index (κ1) is 15.8. The number of nitriles is 1. The van der Waals surface area contributed by atoms with Gasteiger partial charge in [0.15, 0.2) is 0 Å². The number of carbonyl (C=O) groups is 1. The van der Waals surface area contributed by atoms with Crippen molar-refractivity contribution < 1.29 is 9.53 Å². The van der Waals surface area contributed by atoms with Crippen LogP contribution in [0.1, 0.15) is 37.3 Å². The molecule has 2 amide bonds. The lowest BCUT2D eigenvalue weighted by atomic mass is 9.90. The number of carbonyl (C=O) groups excluding carboxylic acids is 1. The molecule has 1 saturated carbocycles. The normalized spacial score (nSPS) is 26.5. The van der Waals surface area contributed by atoms with Crippen molar-refractivity contribution in [3.63, 3.8) is 0 Å². The Morgan fingerprint density at radius 3 is 3.04 bits per heavy atom. The van der Waals surface area contributed by atoms with Crippen LogP contribution >= 0.6 is 0 Å². The minimum absolute atomic E-state index is 0.139. The fraction of sp³-hybridized carbons (Fsp3) is 0.556. The van der Waals surface area contributed by atoms with Gasteiger partial charge in [0.2, 0.25) is 0 Å². The average Bonchev–Trinajstić information content (AvgIpc) is 3.30. The van der Waals surface area contributed by atoms with Gasteiger partial charge in [-0.25, -0.2) is 4.79 Å². The molecule has 5 nitrogen and oxygen atoms in total. The first-order chi connectivity index (χ1) is 11.1. The van der Waals surface area contributed by atoms with E-state index in [0.29, 0.717) is 24.4 Å². The van der Waals surface area contributed by atoms with Crippen LogP contribution in [-0.4, -0.2) is 30.8 Å². The summed E-state index contributed by atoms with van der Waals surface area (Å²) in [4.78, 5) is 12.2. The van der Waals surface area contributed by atoms with Gasteiger partial charge < -0.3 is 15.4 Å². The molecule has 1 aromatic rings. The molecule has 2 fully saturated rings. The van der Waals surface area contributed by atoms with Crippen molar-refractivity contribution in [3.8, 4) is 6.07 Å². The van der Waals surface area contributed by atoms with Crippen molar-refractivity contribution >= 4 is 6.03 Å². The Bertz CT molecular complexity index is 621. The number of ether oxygens (including phenoxy) is 1. The first-order valence-electron chi connectivity index (χ1n) is 8.27. The van der Waals surface area contributed by atoms with E-state index >= 15 is 0 Å². The Labute approximate surface area is 137 Å². The number of nitrogens with one attached hydrogen (secondary N) is 2. The molecule has 0 bridgehead atoms. The molecule has 2 aliphatic rings. The van der Waals surface area contributed by atoms with E-state index in [1.807, 2.05) is 18.2 Å². The van der Waals surface area contributed by atoms with Crippen molar-refractivity contribution in [2.45, 2.75) is 44.2 Å². The highest BCUT2D eigenvalue weighted by Gasteiger charge is 2.48. The van der Waals surface area contributed by atoms with Crippen LogP contribution in [0, 0.1) is 17.2 Å². The summed E-state index contributed by atoms with van der Waals surface area (Å²) in [5, 5.41) is 14.9. The molecule has 1 saturated heterocycles. The van der Waals surface area contributed by atoms with Crippen LogP contribution in [-0.2, 0) is 11.2 Å². The number of amides is 2. The van der Waals surface area contributed by atoms with Gasteiger partial charge in [-0.3, -0.25) is 0 Å². The molecule has 0 aromatic heterocycles. The van der Waals surface area contributed by atoms with Crippen LogP contribution in [0.2, 0.25) is 0 Å². The molecule has 2 atom stereocenters. The summed E-state index contributed by atoms with van der Waals surface area (Å²) < 4.78 is 5.82. The summed E-state index contributed by atoms with van der Waals surface area (Å²) in [7, 11) is 0. The maximum Gasteiger partial charge on any atom is 0.315 e. The number of urea groups is 1. The number of nitrogens with zero attached hydrogens (tertiary/aromatic N) is 1. The lowest BCUT2D eigenvalue weighted by molar-refractivity contribution is 0.0591. The molecule has 3 rings (SSSR count). The smallest absolute Gasteiger partial charge is 0.315 e. The van der Waals surface area contributed by atoms with E-state index < -0.39 is 0 Å². The molecule has 1 aromatic carbocycles. The van der Waals surface area contributed by atoms with Gasteiger partial charge in [0, 0.05) is 13.2 Å². The SMILES string of the molecule is C[C@@]1(NC(=O)NCCc2cccc(C#N)c2)CCO[C@@H]1C1CC1. The van der Waals surface area contributed by atoms with Crippen molar-refractivity contribution in [1.82, 2.24) is 10.6 Å². The highest BCUT2D eigenvalue weighted by atomic mass is 16.5. The van der Waals surface area contributed by atoms with Gasteiger partial charge in [0.1, 0.15) is 0 Å². The molecule has 122 valence electrons. The predicted molar refractivity (Wildman–Crippen MR) is 86.9 cm³/mol. The van der Waals surface area contributed by atoms with Crippen molar-refractivity contribution in [2.24, 2.45) is 5.92 Å². The monoisotopic (exact) mass is 313 g/mol. The second-order valence-electron chi connectivity index (χ2n) is 6.74. The molecule has 0 radical (unpaired) electrons. The van der Waals surface area contributed by atoms with Crippen LogP contribution in [0.3, 0.4) is 0 Å². The van der Waals surface area contributed by atoms with E-state index in [-0.39, 0.29) is 17.7 Å². The number of rotatable bonds is 5. The van der Waals surface area contributed by atoms with E-state index in [1.54, 1.807) is 6.07 Å². The minimum Gasteiger partial charge on any atom is -0.375 e. The average molecular weight is 313 g/mol. The summed E-state index contributed by atoms with van der Waals surface area (Å²) in [5.41, 5.74) is 1.44. The highest BCUT2D eigenvalue weighted by Crippen LogP contribution is 2.43.